The van der Waals surface area contributed by atoms with E-state index in [-0.39, 0.29) is 6.10 Å². The van der Waals surface area contributed by atoms with Gasteiger partial charge >= 0.3 is 0 Å². The van der Waals surface area contributed by atoms with Crippen molar-refractivity contribution in [3.8, 4) is 0 Å². The summed E-state index contributed by atoms with van der Waals surface area (Å²) in [4.78, 5) is 1.46. The fraction of sp³-hybridized carbons (Fsp3) is 0.444. The maximum atomic E-state index is 6.07. The molecule has 21 heavy (non-hydrogen) atoms. The van der Waals surface area contributed by atoms with Crippen molar-refractivity contribution in [3.63, 3.8) is 0 Å². The lowest BCUT2D eigenvalue weighted by atomic mass is 9.92. The van der Waals surface area contributed by atoms with Crippen LogP contribution in [-0.2, 0) is 17.6 Å². The van der Waals surface area contributed by atoms with E-state index in [1.54, 1.807) is 0 Å². The Hall–Kier alpha value is -1.16. The van der Waals surface area contributed by atoms with E-state index in [1.807, 2.05) is 11.3 Å². The molecule has 0 bridgehead atoms. The minimum absolute atomic E-state index is 0.208. The zero-order valence-electron chi connectivity index (χ0n) is 12.8. The third-order valence-electron chi connectivity index (χ3n) is 4.37. The smallest absolute Gasteiger partial charge is 0.0846 e. The van der Waals surface area contributed by atoms with Crippen molar-refractivity contribution in [3.05, 3.63) is 57.3 Å². The van der Waals surface area contributed by atoms with Gasteiger partial charge in [-0.2, -0.15) is 0 Å². The van der Waals surface area contributed by atoms with Crippen LogP contribution in [0.3, 0.4) is 0 Å². The topological polar surface area (TPSA) is 21.3 Å². The predicted molar refractivity (Wildman–Crippen MR) is 89.0 cm³/mol. The average molecular weight is 301 g/mol. The number of aryl methyl sites for hydroxylation is 1. The first-order chi connectivity index (χ1) is 10.3. The third kappa shape index (κ3) is 3.05. The molecular weight excluding hydrogens is 278 g/mol. The first kappa shape index (κ1) is 14.8. The van der Waals surface area contributed by atoms with Crippen molar-refractivity contribution >= 4 is 11.3 Å². The highest BCUT2D eigenvalue weighted by Crippen LogP contribution is 2.36. The first-order valence-corrected chi connectivity index (χ1v) is 8.64. The van der Waals surface area contributed by atoms with E-state index < -0.39 is 0 Å². The van der Waals surface area contributed by atoms with Crippen molar-refractivity contribution < 1.29 is 4.74 Å². The summed E-state index contributed by atoms with van der Waals surface area (Å²) in [5, 5.41) is 5.69. The van der Waals surface area contributed by atoms with Crippen molar-refractivity contribution in [2.75, 3.05) is 13.7 Å². The predicted octanol–water partition coefficient (Wildman–Crippen LogP) is 4.28. The second-order valence-electron chi connectivity index (χ2n) is 5.55. The lowest BCUT2D eigenvalue weighted by Gasteiger charge is -2.29. The van der Waals surface area contributed by atoms with E-state index in [4.69, 9.17) is 4.74 Å². The van der Waals surface area contributed by atoms with Crippen LogP contribution in [0.2, 0.25) is 0 Å². The van der Waals surface area contributed by atoms with Crippen LogP contribution in [0.4, 0.5) is 0 Å². The second-order valence-corrected chi connectivity index (χ2v) is 6.50. The highest BCUT2D eigenvalue weighted by molar-refractivity contribution is 7.10. The van der Waals surface area contributed by atoms with E-state index in [1.165, 1.54) is 21.6 Å². The van der Waals surface area contributed by atoms with Crippen LogP contribution in [0.15, 0.2) is 35.7 Å². The number of fused-ring (bicyclic) bond motifs is 1. The highest BCUT2D eigenvalue weighted by Gasteiger charge is 2.25. The van der Waals surface area contributed by atoms with Gasteiger partial charge in [-0.1, -0.05) is 31.2 Å². The monoisotopic (exact) mass is 301 g/mol. The molecule has 1 aromatic carbocycles. The molecule has 0 saturated heterocycles. The molecule has 3 heteroatoms. The standard InChI is InChI=1S/C18H23NOS/c1-3-13-9-11-21-18(13)16(19-2)12-17-15-7-5-4-6-14(15)8-10-20-17/h4-7,9,11,16-17,19H,3,8,10,12H2,1-2H3. The lowest BCUT2D eigenvalue weighted by Crippen LogP contribution is -2.24. The van der Waals surface area contributed by atoms with Gasteiger partial charge in [0.1, 0.15) is 0 Å². The SMILES string of the molecule is CCc1ccsc1C(CC1OCCc2ccccc21)NC. The van der Waals surface area contributed by atoms with Crippen LogP contribution in [0.1, 0.15) is 47.1 Å². The fourth-order valence-electron chi connectivity index (χ4n) is 3.19. The fourth-order valence-corrected chi connectivity index (χ4v) is 4.31. The van der Waals surface area contributed by atoms with E-state index in [2.05, 4.69) is 55.0 Å². The third-order valence-corrected chi connectivity index (χ3v) is 5.44. The molecule has 0 fully saturated rings. The van der Waals surface area contributed by atoms with Gasteiger partial charge in [-0.3, -0.25) is 0 Å². The van der Waals surface area contributed by atoms with E-state index in [0.717, 1.165) is 25.9 Å². The van der Waals surface area contributed by atoms with Crippen LogP contribution >= 0.6 is 11.3 Å². The summed E-state index contributed by atoms with van der Waals surface area (Å²) < 4.78 is 6.07. The molecule has 0 spiro atoms. The van der Waals surface area contributed by atoms with Gasteiger partial charge in [0, 0.05) is 10.9 Å². The van der Waals surface area contributed by atoms with Crippen LogP contribution in [0.25, 0.3) is 0 Å². The zero-order chi connectivity index (χ0) is 14.7. The molecule has 2 heterocycles. The summed E-state index contributed by atoms with van der Waals surface area (Å²) in [6, 6.07) is 11.3. The molecule has 2 aromatic rings. The Morgan fingerprint density at radius 1 is 1.33 bits per heavy atom. The number of nitrogens with one attached hydrogen (secondary N) is 1. The first-order valence-electron chi connectivity index (χ1n) is 7.76. The Labute approximate surface area is 131 Å². The highest BCUT2D eigenvalue weighted by atomic mass is 32.1. The van der Waals surface area contributed by atoms with Gasteiger partial charge in [-0.25, -0.2) is 0 Å². The van der Waals surface area contributed by atoms with E-state index in [9.17, 15) is 0 Å². The quantitative estimate of drug-likeness (QED) is 0.890. The molecule has 112 valence electrons. The Morgan fingerprint density at radius 3 is 3.00 bits per heavy atom. The van der Waals surface area contributed by atoms with Crippen LogP contribution in [-0.4, -0.2) is 13.7 Å². The van der Waals surface area contributed by atoms with Gasteiger partial charge in [0.25, 0.3) is 0 Å². The Balaban J connectivity index is 1.82. The van der Waals surface area contributed by atoms with Gasteiger partial charge in [0.05, 0.1) is 12.7 Å². The molecule has 2 atom stereocenters. The number of hydrogen-bond acceptors (Lipinski definition) is 3. The largest absolute Gasteiger partial charge is 0.373 e. The molecule has 0 saturated carbocycles. The van der Waals surface area contributed by atoms with Crippen molar-refractivity contribution in [1.82, 2.24) is 5.32 Å². The zero-order valence-corrected chi connectivity index (χ0v) is 13.6. The minimum Gasteiger partial charge on any atom is -0.373 e. The summed E-state index contributed by atoms with van der Waals surface area (Å²) in [7, 11) is 2.05. The van der Waals surface area contributed by atoms with Gasteiger partial charge in [0.15, 0.2) is 0 Å². The number of thiophene rings is 1. The van der Waals surface area contributed by atoms with Crippen LogP contribution in [0, 0.1) is 0 Å². The molecule has 2 unspecified atom stereocenters. The summed E-state index contributed by atoms with van der Waals surface area (Å²) in [6.45, 7) is 3.06. The number of rotatable bonds is 5. The van der Waals surface area contributed by atoms with Crippen molar-refractivity contribution in [2.24, 2.45) is 0 Å². The average Bonchev–Trinajstić information content (AvgIpc) is 3.01. The van der Waals surface area contributed by atoms with E-state index >= 15 is 0 Å². The summed E-state index contributed by atoms with van der Waals surface area (Å²) in [5.74, 6) is 0. The van der Waals surface area contributed by atoms with Crippen LogP contribution < -0.4 is 5.32 Å². The van der Waals surface area contributed by atoms with Gasteiger partial charge in [-0.05, 0) is 54.4 Å². The second kappa shape index (κ2) is 6.73. The lowest BCUT2D eigenvalue weighted by molar-refractivity contribution is 0.0300. The van der Waals surface area contributed by atoms with Gasteiger partial charge in [-0.15, -0.1) is 11.3 Å². The normalized spacial score (nSPS) is 19.2. The molecular formula is C18H23NOS. The maximum absolute atomic E-state index is 6.07. The molecule has 1 aliphatic heterocycles. The Bertz CT molecular complexity index is 592. The maximum Gasteiger partial charge on any atom is 0.0846 e. The summed E-state index contributed by atoms with van der Waals surface area (Å²) in [5.41, 5.74) is 4.28. The molecule has 3 rings (SSSR count). The summed E-state index contributed by atoms with van der Waals surface area (Å²) >= 11 is 1.86. The molecule has 1 aliphatic rings. The van der Waals surface area contributed by atoms with Crippen molar-refractivity contribution in [1.29, 1.82) is 0 Å². The number of ether oxygens (including phenoxy) is 1. The number of hydrogen-bond donors (Lipinski definition) is 1. The van der Waals surface area contributed by atoms with Crippen molar-refractivity contribution in [2.45, 2.75) is 38.3 Å². The van der Waals surface area contributed by atoms with Gasteiger partial charge in [0.2, 0.25) is 0 Å². The Morgan fingerprint density at radius 2 is 2.19 bits per heavy atom. The van der Waals surface area contributed by atoms with Gasteiger partial charge < -0.3 is 10.1 Å². The molecule has 0 aliphatic carbocycles. The van der Waals surface area contributed by atoms with E-state index in [0.29, 0.717) is 6.04 Å². The minimum atomic E-state index is 0.208. The Kier molecular flexibility index (Phi) is 4.73. The molecule has 1 aromatic heterocycles. The molecule has 2 nitrogen and oxygen atoms in total. The van der Waals surface area contributed by atoms with Crippen LogP contribution in [0.5, 0.6) is 0 Å². The summed E-state index contributed by atoms with van der Waals surface area (Å²) in [6.07, 6.45) is 3.34. The molecule has 0 radical (unpaired) electrons. The number of benzene rings is 1. The molecule has 0 amide bonds. The molecule has 1 N–H and O–H groups in total.